The zero-order valence-electron chi connectivity index (χ0n) is 6.91. The van der Waals surface area contributed by atoms with Gasteiger partial charge >= 0.3 is 0 Å². The summed E-state index contributed by atoms with van der Waals surface area (Å²) in [5, 5.41) is 11.5. The highest BCUT2D eigenvalue weighted by Crippen LogP contribution is 2.36. The fourth-order valence-electron chi connectivity index (χ4n) is 1.40. The van der Waals surface area contributed by atoms with E-state index in [1.807, 2.05) is 6.07 Å². The van der Waals surface area contributed by atoms with E-state index in [1.54, 1.807) is 12.3 Å². The van der Waals surface area contributed by atoms with Gasteiger partial charge in [-0.15, -0.1) is 10.2 Å². The summed E-state index contributed by atoms with van der Waals surface area (Å²) in [6.07, 6.45) is 3.09. The van der Waals surface area contributed by atoms with Gasteiger partial charge in [-0.25, -0.2) is 9.19 Å². The van der Waals surface area contributed by atoms with E-state index < -0.39 is 10.8 Å². The molecule has 2 aromatic heterocycles. The first-order valence-electron chi connectivity index (χ1n) is 3.93. The fourth-order valence-corrected chi connectivity index (χ4v) is 2.60. The first-order chi connectivity index (χ1) is 6.88. The zero-order chi connectivity index (χ0) is 9.54. The molecule has 0 aliphatic carbocycles. The molecule has 3 rings (SSSR count). The van der Waals surface area contributed by atoms with Crippen LogP contribution >= 0.6 is 0 Å². The third kappa shape index (κ3) is 0.856. The highest BCUT2D eigenvalue weighted by molar-refractivity contribution is 7.85. The topological polar surface area (TPSA) is 68.6 Å². The third-order valence-electron chi connectivity index (χ3n) is 2.01. The Labute approximate surface area is 81.7 Å². The van der Waals surface area contributed by atoms with Crippen LogP contribution < -0.4 is 0 Å². The van der Waals surface area contributed by atoms with Crippen molar-refractivity contribution in [3.05, 3.63) is 24.5 Å². The number of nitrogens with zero attached hydrogens (tertiary/aromatic N) is 4. The molecule has 1 atom stereocenters. The highest BCUT2D eigenvalue weighted by atomic mass is 32.2. The van der Waals surface area contributed by atoms with Crippen molar-refractivity contribution in [3.63, 3.8) is 0 Å². The van der Waals surface area contributed by atoms with Crippen molar-refractivity contribution in [2.24, 2.45) is 0 Å². The molecule has 68 valence electrons. The van der Waals surface area contributed by atoms with E-state index in [2.05, 4.69) is 20.4 Å². The average molecular weight is 204 g/mol. The van der Waals surface area contributed by atoms with E-state index in [4.69, 9.17) is 0 Å². The molecule has 1 aliphatic heterocycles. The number of hydrogen-bond donors (Lipinski definition) is 0. The van der Waals surface area contributed by atoms with Crippen molar-refractivity contribution in [2.75, 3.05) is 0 Å². The second kappa shape index (κ2) is 2.65. The maximum absolute atomic E-state index is 11.8. The second-order valence-corrected chi connectivity index (χ2v) is 4.14. The molecule has 0 saturated heterocycles. The lowest BCUT2D eigenvalue weighted by atomic mass is 10.2. The lowest BCUT2D eigenvalue weighted by Crippen LogP contribution is -1.92. The van der Waals surface area contributed by atoms with Crippen LogP contribution in [0.3, 0.4) is 0 Å². The maximum Gasteiger partial charge on any atom is 0.141 e. The van der Waals surface area contributed by atoms with Gasteiger partial charge in [-0.05, 0) is 17.3 Å². The Hall–Kier alpha value is -1.69. The molecule has 14 heavy (non-hydrogen) atoms. The molecule has 0 spiro atoms. The Morgan fingerprint density at radius 2 is 2.29 bits per heavy atom. The Kier molecular flexibility index (Phi) is 1.45. The van der Waals surface area contributed by atoms with Gasteiger partial charge in [0.15, 0.2) is 0 Å². The maximum atomic E-state index is 11.8. The summed E-state index contributed by atoms with van der Waals surface area (Å²) < 4.78 is 11.8. The monoisotopic (exact) mass is 204 g/mol. The first kappa shape index (κ1) is 7.69. The predicted molar refractivity (Wildman–Crippen MR) is 47.7 cm³/mol. The highest BCUT2D eigenvalue weighted by Gasteiger charge is 2.28. The van der Waals surface area contributed by atoms with Crippen LogP contribution in [0.2, 0.25) is 0 Å². The van der Waals surface area contributed by atoms with Gasteiger partial charge in [0.2, 0.25) is 0 Å². The largest absolute Gasteiger partial charge is 0.247 e. The minimum atomic E-state index is -1.25. The van der Waals surface area contributed by atoms with E-state index in [9.17, 15) is 4.21 Å². The first-order valence-corrected chi connectivity index (χ1v) is 5.08. The molecule has 2 aromatic rings. The van der Waals surface area contributed by atoms with Crippen molar-refractivity contribution in [2.45, 2.75) is 9.92 Å². The quantitative estimate of drug-likeness (QED) is 0.530. The lowest BCUT2D eigenvalue weighted by Gasteiger charge is -1.92. The van der Waals surface area contributed by atoms with Crippen molar-refractivity contribution >= 4 is 10.8 Å². The third-order valence-corrected chi connectivity index (χ3v) is 3.38. The zero-order valence-corrected chi connectivity index (χ0v) is 7.73. The van der Waals surface area contributed by atoms with Crippen molar-refractivity contribution < 1.29 is 4.21 Å². The SMILES string of the molecule is O=S1c2cnnnc2-c2cccnc21. The second-order valence-electron chi connectivity index (χ2n) is 2.77. The summed E-state index contributed by atoms with van der Waals surface area (Å²) in [4.78, 5) is 4.65. The number of pyridine rings is 1. The molecule has 0 N–H and O–H groups in total. The molecule has 0 fully saturated rings. The van der Waals surface area contributed by atoms with Crippen LogP contribution in [0.5, 0.6) is 0 Å². The van der Waals surface area contributed by atoms with Crippen LogP contribution in [0.25, 0.3) is 11.3 Å². The van der Waals surface area contributed by atoms with Crippen LogP contribution in [-0.4, -0.2) is 24.6 Å². The smallest absolute Gasteiger partial charge is 0.141 e. The van der Waals surface area contributed by atoms with Gasteiger partial charge in [-0.2, -0.15) is 0 Å². The Balaban J connectivity index is 2.42. The molecule has 0 aromatic carbocycles. The van der Waals surface area contributed by atoms with E-state index >= 15 is 0 Å². The minimum absolute atomic E-state index is 0.546. The van der Waals surface area contributed by atoms with Crippen molar-refractivity contribution in [1.82, 2.24) is 20.4 Å². The van der Waals surface area contributed by atoms with Crippen LogP contribution in [0, 0.1) is 0 Å². The number of fused-ring (bicyclic) bond motifs is 3. The van der Waals surface area contributed by atoms with Gasteiger partial charge in [-0.3, -0.25) is 0 Å². The van der Waals surface area contributed by atoms with Gasteiger partial charge in [0.05, 0.1) is 11.1 Å². The molecule has 0 saturated carbocycles. The Bertz CT molecular complexity index is 495. The summed E-state index contributed by atoms with van der Waals surface area (Å²) in [5.74, 6) is 0. The van der Waals surface area contributed by atoms with Crippen LogP contribution in [0.15, 0.2) is 34.4 Å². The average Bonchev–Trinajstić information content (AvgIpc) is 2.55. The summed E-state index contributed by atoms with van der Waals surface area (Å²) in [6.45, 7) is 0. The van der Waals surface area contributed by atoms with E-state index in [1.165, 1.54) is 6.20 Å². The molecule has 0 amide bonds. The number of rotatable bonds is 0. The summed E-state index contributed by atoms with van der Waals surface area (Å²) >= 11 is 0. The van der Waals surface area contributed by atoms with Gasteiger partial charge in [-0.1, -0.05) is 0 Å². The normalized spacial score (nSPS) is 17.6. The van der Waals surface area contributed by atoms with Crippen LogP contribution in [0.1, 0.15) is 0 Å². The molecule has 5 nitrogen and oxygen atoms in total. The Morgan fingerprint density at radius 3 is 3.21 bits per heavy atom. The van der Waals surface area contributed by atoms with Crippen LogP contribution in [0.4, 0.5) is 0 Å². The van der Waals surface area contributed by atoms with Gasteiger partial charge in [0.25, 0.3) is 0 Å². The molecular weight excluding hydrogens is 200 g/mol. The Morgan fingerprint density at radius 1 is 1.36 bits per heavy atom. The molecule has 0 bridgehead atoms. The van der Waals surface area contributed by atoms with Crippen molar-refractivity contribution in [1.29, 1.82) is 0 Å². The van der Waals surface area contributed by atoms with Gasteiger partial charge in [0, 0.05) is 11.8 Å². The standard InChI is InChI=1S/C8H4N4OS/c13-14-6-4-10-12-11-7(6)5-2-1-3-9-8(5)14/h1-4H. The summed E-state index contributed by atoms with van der Waals surface area (Å²) in [7, 11) is -1.25. The predicted octanol–water partition coefficient (Wildman–Crippen LogP) is 0.414. The van der Waals surface area contributed by atoms with E-state index in [-0.39, 0.29) is 0 Å². The molecule has 1 unspecified atom stereocenters. The molecule has 6 heteroatoms. The van der Waals surface area contributed by atoms with Gasteiger partial charge < -0.3 is 0 Å². The molecule has 1 aliphatic rings. The molecular formula is C8H4N4OS. The number of hydrogen-bond acceptors (Lipinski definition) is 5. The fraction of sp³-hybridized carbons (Fsp3) is 0. The van der Waals surface area contributed by atoms with Crippen LogP contribution in [-0.2, 0) is 10.8 Å². The van der Waals surface area contributed by atoms with E-state index in [0.29, 0.717) is 15.6 Å². The summed E-state index contributed by atoms with van der Waals surface area (Å²) in [5.41, 5.74) is 1.41. The molecule has 3 heterocycles. The molecule has 0 radical (unpaired) electrons. The lowest BCUT2D eigenvalue weighted by molar-refractivity contribution is 0.681. The van der Waals surface area contributed by atoms with Gasteiger partial charge in [0.1, 0.15) is 21.5 Å². The number of aromatic nitrogens is 4. The summed E-state index contributed by atoms with van der Waals surface area (Å²) in [6, 6.07) is 3.62. The van der Waals surface area contributed by atoms with Crippen molar-refractivity contribution in [3.8, 4) is 11.3 Å². The minimum Gasteiger partial charge on any atom is -0.247 e. The van der Waals surface area contributed by atoms with E-state index in [0.717, 1.165) is 5.56 Å².